The van der Waals surface area contributed by atoms with Gasteiger partial charge < -0.3 is 5.73 Å². The van der Waals surface area contributed by atoms with Crippen molar-refractivity contribution in [1.29, 1.82) is 0 Å². The van der Waals surface area contributed by atoms with Gasteiger partial charge in [-0.3, -0.25) is 6.54 Å². The molecule has 0 aromatic heterocycles. The predicted molar refractivity (Wildman–Crippen MR) is 171 cm³/mol. The smallest absolute Gasteiger partial charge is 0.0620 e. The fraction of sp³-hybridized carbons (Fsp3) is 0.0312. The molecule has 38 heavy (non-hydrogen) atoms. The Morgan fingerprint density at radius 1 is 0.526 bits per heavy atom. The van der Waals surface area contributed by atoms with Crippen molar-refractivity contribution < 1.29 is 15.1 Å². The van der Waals surface area contributed by atoms with Gasteiger partial charge in [0.05, 0.1) is 7.92 Å². The van der Waals surface area contributed by atoms with Crippen LogP contribution in [0.5, 0.6) is 0 Å². The molecule has 5 aromatic carbocycles. The molecule has 0 spiro atoms. The Kier molecular flexibility index (Phi) is 14.9. The monoisotopic (exact) mass is 663 g/mol. The van der Waals surface area contributed by atoms with Gasteiger partial charge in [-0.1, -0.05) is 123 Å². The van der Waals surface area contributed by atoms with Crippen molar-refractivity contribution in [1.82, 2.24) is 0 Å². The molecule has 0 aliphatic rings. The summed E-state index contributed by atoms with van der Waals surface area (Å²) >= 11 is -0.346. The number of hydrogen-bond donors (Lipinski definition) is 1. The topological polar surface area (TPSA) is 26.0 Å². The second-order valence-corrected chi connectivity index (χ2v) is 15.4. The van der Waals surface area contributed by atoms with E-state index in [2.05, 4.69) is 140 Å². The van der Waals surface area contributed by atoms with Crippen LogP contribution in [0.25, 0.3) is 0 Å². The quantitative estimate of drug-likeness (QED) is 0.116. The minimum atomic E-state index is -0.877. The largest absolute Gasteiger partial charge is 0.102 e. The van der Waals surface area contributed by atoms with Crippen molar-refractivity contribution in [3.05, 3.63) is 158 Å². The summed E-state index contributed by atoms with van der Waals surface area (Å²) in [5.74, 6) is 0. The van der Waals surface area contributed by atoms with Crippen LogP contribution in [0.1, 0.15) is 0 Å². The minimum Gasteiger partial charge on any atom is -0.0620 e. The minimum absolute atomic E-state index is 0.332. The van der Waals surface area contributed by atoms with Crippen LogP contribution < -0.4 is 32.3 Å². The first kappa shape index (κ1) is 30.7. The van der Waals surface area contributed by atoms with E-state index in [0.29, 0.717) is 0 Å². The second-order valence-electron chi connectivity index (χ2n) is 8.04. The molecule has 0 amide bonds. The Morgan fingerprint density at radius 2 is 0.789 bits per heavy atom. The van der Waals surface area contributed by atoms with E-state index in [9.17, 15) is 0 Å². The molecule has 0 atom stereocenters. The molecule has 6 heteroatoms. The van der Waals surface area contributed by atoms with Crippen LogP contribution in [0.2, 0.25) is 0 Å². The zero-order chi connectivity index (χ0) is 26.8. The zero-order valence-electron chi connectivity index (χ0n) is 20.9. The van der Waals surface area contributed by atoms with Crippen LogP contribution in [0, 0.1) is 6.54 Å². The van der Waals surface area contributed by atoms with Crippen molar-refractivity contribution in [2.75, 3.05) is 6.16 Å². The van der Waals surface area contributed by atoms with Gasteiger partial charge in [0.2, 0.25) is 0 Å². The molecule has 0 saturated carbocycles. The molecule has 1 nitrogen and oxygen atoms in total. The summed E-state index contributed by atoms with van der Waals surface area (Å²) in [6.07, 6.45) is 0.934. The molecule has 5 rings (SSSR count). The van der Waals surface area contributed by atoms with E-state index in [1.54, 1.807) is 6.54 Å². The van der Waals surface area contributed by atoms with Crippen LogP contribution in [0.4, 0.5) is 0 Å². The van der Waals surface area contributed by atoms with Crippen LogP contribution >= 0.6 is 35.2 Å². The summed E-state index contributed by atoms with van der Waals surface area (Å²) in [6, 6.07) is 53.7. The molecule has 0 heterocycles. The summed E-state index contributed by atoms with van der Waals surface area (Å²) in [4.78, 5) is 0. The Labute approximate surface area is 245 Å². The van der Waals surface area contributed by atoms with Gasteiger partial charge in [0, 0.05) is 0 Å². The van der Waals surface area contributed by atoms with E-state index in [4.69, 9.17) is 25.1 Å². The van der Waals surface area contributed by atoms with Crippen molar-refractivity contribution in [3.8, 4) is 0 Å². The number of hydrogen-bond acceptors (Lipinski definition) is 1. The van der Waals surface area contributed by atoms with E-state index in [0.717, 1.165) is 6.16 Å². The molecular weight excluding hydrogens is 632 g/mol. The average Bonchev–Trinajstić information content (AvgIpc) is 2.99. The Hall–Kier alpha value is -1.88. The first-order chi connectivity index (χ1) is 18.8. The van der Waals surface area contributed by atoms with E-state index in [1.165, 1.54) is 26.5 Å². The maximum atomic E-state index is 5.60. The SMILES string of the molecule is N[CH-]CP(c1ccccc1)c1ccccc1.[Cl][Ru][Cl].c1ccc([PH+](c2ccccc2)c2ccccc2)cc1. The van der Waals surface area contributed by atoms with E-state index in [-0.39, 0.29) is 23.1 Å². The van der Waals surface area contributed by atoms with Crippen LogP contribution in [-0.4, -0.2) is 6.16 Å². The van der Waals surface area contributed by atoms with Gasteiger partial charge in [0.1, 0.15) is 15.9 Å². The van der Waals surface area contributed by atoms with Gasteiger partial charge in [-0.15, -0.1) is 6.16 Å². The molecule has 0 aliphatic carbocycles. The van der Waals surface area contributed by atoms with E-state index < -0.39 is 7.92 Å². The summed E-state index contributed by atoms with van der Waals surface area (Å²) < 4.78 is 0. The third-order valence-electron chi connectivity index (χ3n) is 5.61. The summed E-state index contributed by atoms with van der Waals surface area (Å²) in [6.45, 7) is 1.77. The van der Waals surface area contributed by atoms with E-state index >= 15 is 0 Å². The molecule has 2 N–H and O–H groups in total. The standard InChI is InChI=1S/C18H15P.C14H15NP.2ClH.Ru/c1-4-10-16(11-5-1)19(17-12-6-2-7-13-17)18-14-8-3-9-15-18;15-11-12-16(13-7-3-1-4-8-13)14-9-5-2-6-10-14;;;/h1-15H;1-11H,12,15H2;2*1H;/q;-1;;;+2/p-1. The summed E-state index contributed by atoms with van der Waals surface area (Å²) in [7, 11) is 8.50. The van der Waals surface area contributed by atoms with Gasteiger partial charge in [-0.2, -0.15) is 0 Å². The molecule has 0 aliphatic heterocycles. The summed E-state index contributed by atoms with van der Waals surface area (Å²) in [5, 5.41) is 7.07. The normalized spacial score (nSPS) is 10.3. The van der Waals surface area contributed by atoms with Gasteiger partial charge in [-0.05, 0) is 47.0 Å². The first-order valence-electron chi connectivity index (χ1n) is 12.1. The third-order valence-corrected chi connectivity index (χ3v) is 10.8. The average molecular weight is 664 g/mol. The number of benzene rings is 5. The Balaban J connectivity index is 0.000000194. The fourth-order valence-corrected chi connectivity index (χ4v) is 8.57. The van der Waals surface area contributed by atoms with Gasteiger partial charge in [-0.25, -0.2) is 0 Å². The molecule has 0 saturated heterocycles. The number of rotatable bonds is 7. The van der Waals surface area contributed by atoms with Crippen LogP contribution in [-0.2, 0) is 15.1 Å². The number of nitrogens with two attached hydrogens (primary N) is 1. The molecule has 0 bridgehead atoms. The van der Waals surface area contributed by atoms with Crippen LogP contribution in [0.15, 0.2) is 152 Å². The summed E-state index contributed by atoms with van der Waals surface area (Å²) in [5.41, 5.74) is 5.60. The third kappa shape index (κ3) is 10.0. The van der Waals surface area contributed by atoms with Crippen LogP contribution in [0.3, 0.4) is 0 Å². The van der Waals surface area contributed by atoms with Gasteiger partial charge in [0.25, 0.3) is 0 Å². The van der Waals surface area contributed by atoms with Crippen molar-refractivity contribution >= 4 is 61.7 Å². The maximum Gasteiger partial charge on any atom is 0.102 e. The Morgan fingerprint density at radius 3 is 1.05 bits per heavy atom. The van der Waals surface area contributed by atoms with Crippen molar-refractivity contribution in [2.45, 2.75) is 0 Å². The first-order valence-corrected chi connectivity index (χ1v) is 19.6. The molecule has 5 aromatic rings. The van der Waals surface area contributed by atoms with Crippen molar-refractivity contribution in [2.24, 2.45) is 5.73 Å². The predicted octanol–water partition coefficient (Wildman–Crippen LogP) is 6.79. The maximum absolute atomic E-state index is 5.60. The second kappa shape index (κ2) is 18.4. The molecule has 0 radical (unpaired) electrons. The molecular formula is C32H31Cl2NP2Ru. The Bertz CT molecular complexity index is 1130. The zero-order valence-corrected chi connectivity index (χ0v) is 26.0. The van der Waals surface area contributed by atoms with E-state index in [1.807, 2.05) is 12.1 Å². The molecule has 196 valence electrons. The molecule has 0 unspecified atom stereocenters. The fourth-order valence-electron chi connectivity index (χ4n) is 4.00. The van der Waals surface area contributed by atoms with Gasteiger partial charge >= 0.3 is 34.5 Å². The molecule has 0 fully saturated rings. The van der Waals surface area contributed by atoms with Gasteiger partial charge in [0.15, 0.2) is 0 Å². The van der Waals surface area contributed by atoms with Crippen molar-refractivity contribution in [3.63, 3.8) is 0 Å². The number of halogens is 2.